The lowest BCUT2D eigenvalue weighted by Gasteiger charge is -2.05. The lowest BCUT2D eigenvalue weighted by Crippen LogP contribution is -2.04. The topological polar surface area (TPSA) is 102 Å². The van der Waals surface area contributed by atoms with Gasteiger partial charge >= 0.3 is 5.97 Å². The molecule has 2 rings (SSSR count). The van der Waals surface area contributed by atoms with Crippen LogP contribution in [0.5, 0.6) is 0 Å². The molecule has 0 aliphatic carbocycles. The molecule has 2 aromatic heterocycles. The molecule has 86 valence electrons. The number of aromatic carboxylic acids is 1. The third-order valence-corrected chi connectivity index (χ3v) is 2.83. The second-order valence-corrected chi connectivity index (χ2v) is 3.97. The van der Waals surface area contributed by atoms with Crippen LogP contribution in [-0.2, 0) is 0 Å². The summed E-state index contributed by atoms with van der Waals surface area (Å²) in [4.78, 5) is 22.9. The molecule has 0 aromatic carbocycles. The zero-order chi connectivity index (χ0) is 12.3. The molecule has 6 nitrogen and oxygen atoms in total. The molecule has 0 fully saturated rings. The van der Waals surface area contributed by atoms with Crippen molar-refractivity contribution in [2.75, 3.05) is 5.73 Å². The first-order chi connectivity index (χ1) is 8.18. The first-order valence-corrected chi connectivity index (χ1v) is 5.43. The van der Waals surface area contributed by atoms with Crippen molar-refractivity contribution in [2.24, 2.45) is 0 Å². The molecule has 0 saturated carbocycles. The Morgan fingerprint density at radius 1 is 1.24 bits per heavy atom. The molecule has 0 bridgehead atoms. The van der Waals surface area contributed by atoms with Gasteiger partial charge in [0, 0.05) is 18.6 Å². The summed E-state index contributed by atoms with van der Waals surface area (Å²) in [6.45, 7) is 0. The zero-order valence-electron chi connectivity index (χ0n) is 8.57. The molecule has 0 aliphatic rings. The highest BCUT2D eigenvalue weighted by Gasteiger charge is 2.13. The van der Waals surface area contributed by atoms with E-state index in [4.69, 9.17) is 10.8 Å². The fourth-order valence-corrected chi connectivity index (χ4v) is 1.88. The van der Waals surface area contributed by atoms with Gasteiger partial charge in [0.15, 0.2) is 5.16 Å². The molecule has 2 heterocycles. The fourth-order valence-electron chi connectivity index (χ4n) is 1.15. The Morgan fingerprint density at radius 2 is 1.94 bits per heavy atom. The van der Waals surface area contributed by atoms with Gasteiger partial charge in [-0.05, 0) is 23.9 Å². The van der Waals surface area contributed by atoms with Gasteiger partial charge in [0.05, 0.1) is 11.3 Å². The van der Waals surface area contributed by atoms with E-state index in [9.17, 15) is 4.79 Å². The first-order valence-electron chi connectivity index (χ1n) is 4.61. The Bertz CT molecular complexity index is 547. The molecule has 0 atom stereocenters. The Morgan fingerprint density at radius 3 is 2.59 bits per heavy atom. The molecule has 17 heavy (non-hydrogen) atoms. The van der Waals surface area contributed by atoms with E-state index >= 15 is 0 Å². The number of hydrogen-bond acceptors (Lipinski definition) is 6. The van der Waals surface area contributed by atoms with Crippen molar-refractivity contribution in [3.63, 3.8) is 0 Å². The van der Waals surface area contributed by atoms with Crippen LogP contribution in [0.2, 0.25) is 0 Å². The second-order valence-electron chi connectivity index (χ2n) is 3.02. The third-order valence-electron chi connectivity index (χ3n) is 1.91. The average Bonchev–Trinajstić information content (AvgIpc) is 2.33. The normalized spacial score (nSPS) is 10.1. The predicted molar refractivity (Wildman–Crippen MR) is 61.8 cm³/mol. The van der Waals surface area contributed by atoms with Crippen molar-refractivity contribution < 1.29 is 9.90 Å². The van der Waals surface area contributed by atoms with E-state index in [1.807, 2.05) is 0 Å². The zero-order valence-corrected chi connectivity index (χ0v) is 9.39. The van der Waals surface area contributed by atoms with Crippen LogP contribution in [0.4, 0.5) is 5.69 Å². The van der Waals surface area contributed by atoms with E-state index in [2.05, 4.69) is 15.0 Å². The summed E-state index contributed by atoms with van der Waals surface area (Å²) in [5, 5.41) is 9.76. The van der Waals surface area contributed by atoms with Gasteiger partial charge < -0.3 is 10.8 Å². The van der Waals surface area contributed by atoms with Crippen LogP contribution in [0, 0.1) is 0 Å². The predicted octanol–water partition coefficient (Wildman–Crippen LogP) is 1.30. The van der Waals surface area contributed by atoms with Gasteiger partial charge in [-0.1, -0.05) is 0 Å². The molecule has 0 amide bonds. The van der Waals surface area contributed by atoms with E-state index in [-0.39, 0.29) is 11.3 Å². The van der Waals surface area contributed by atoms with Gasteiger partial charge in [0.2, 0.25) is 0 Å². The van der Waals surface area contributed by atoms with Crippen LogP contribution in [0.25, 0.3) is 0 Å². The van der Waals surface area contributed by atoms with E-state index in [0.717, 1.165) is 11.8 Å². The molecule has 2 aromatic rings. The molecule has 0 unspecified atom stereocenters. The first kappa shape index (κ1) is 11.3. The van der Waals surface area contributed by atoms with Gasteiger partial charge in [0.1, 0.15) is 5.03 Å². The Balaban J connectivity index is 2.34. The standard InChI is InChI=1S/C10H8N4O2S/c11-7-6(9(15)16)2-5-12-8(7)17-10-13-3-1-4-14-10/h1-5H,11H2,(H,15,16). The average molecular weight is 248 g/mol. The number of nitrogens with two attached hydrogens (primary N) is 1. The number of carboxylic acids is 1. The maximum atomic E-state index is 10.9. The number of anilines is 1. The summed E-state index contributed by atoms with van der Waals surface area (Å²) in [7, 11) is 0. The van der Waals surface area contributed by atoms with Crippen molar-refractivity contribution in [3.05, 3.63) is 36.3 Å². The summed E-state index contributed by atoms with van der Waals surface area (Å²) >= 11 is 1.12. The van der Waals surface area contributed by atoms with E-state index in [1.54, 1.807) is 18.5 Å². The Hall–Kier alpha value is -2.15. The van der Waals surface area contributed by atoms with Gasteiger partial charge in [-0.3, -0.25) is 0 Å². The minimum absolute atomic E-state index is 0.0263. The maximum absolute atomic E-state index is 10.9. The number of nitrogen functional groups attached to an aromatic ring is 1. The summed E-state index contributed by atoms with van der Waals surface area (Å²) in [5.74, 6) is -1.08. The molecular formula is C10H8N4O2S. The Kier molecular flexibility index (Phi) is 3.20. The molecule has 0 radical (unpaired) electrons. The number of aromatic nitrogens is 3. The van der Waals surface area contributed by atoms with Crippen molar-refractivity contribution in [1.29, 1.82) is 0 Å². The Labute approximate surface area is 101 Å². The van der Waals surface area contributed by atoms with Crippen LogP contribution < -0.4 is 5.73 Å². The molecule has 0 aliphatic heterocycles. The summed E-state index contributed by atoms with van der Waals surface area (Å²) in [6, 6.07) is 3.04. The third kappa shape index (κ3) is 2.51. The molecule has 0 saturated heterocycles. The quantitative estimate of drug-likeness (QED) is 0.789. The van der Waals surface area contributed by atoms with Crippen LogP contribution in [0.1, 0.15) is 10.4 Å². The second kappa shape index (κ2) is 4.79. The maximum Gasteiger partial charge on any atom is 0.337 e. The summed E-state index contributed by atoms with van der Waals surface area (Å²) in [6.07, 6.45) is 4.57. The number of hydrogen-bond donors (Lipinski definition) is 2. The highest BCUT2D eigenvalue weighted by molar-refractivity contribution is 7.99. The molecule has 7 heteroatoms. The van der Waals surface area contributed by atoms with Crippen molar-refractivity contribution >= 4 is 23.4 Å². The number of pyridine rings is 1. The molecule has 3 N–H and O–H groups in total. The smallest absolute Gasteiger partial charge is 0.337 e. The van der Waals surface area contributed by atoms with E-state index in [0.29, 0.717) is 10.2 Å². The van der Waals surface area contributed by atoms with Gasteiger partial charge in [-0.2, -0.15) is 0 Å². The van der Waals surface area contributed by atoms with Crippen LogP contribution in [0.15, 0.2) is 40.9 Å². The van der Waals surface area contributed by atoms with Crippen molar-refractivity contribution in [2.45, 2.75) is 10.2 Å². The van der Waals surface area contributed by atoms with Crippen LogP contribution >= 0.6 is 11.8 Å². The highest BCUT2D eigenvalue weighted by atomic mass is 32.2. The molecular weight excluding hydrogens is 240 g/mol. The minimum Gasteiger partial charge on any atom is -0.478 e. The summed E-state index contributed by atoms with van der Waals surface area (Å²) < 4.78 is 0. The van der Waals surface area contributed by atoms with Gasteiger partial charge in [-0.15, -0.1) is 0 Å². The minimum atomic E-state index is -1.08. The SMILES string of the molecule is Nc1c(C(=O)O)ccnc1Sc1ncccn1. The lowest BCUT2D eigenvalue weighted by atomic mass is 10.2. The summed E-state index contributed by atoms with van der Waals surface area (Å²) in [5.41, 5.74) is 5.86. The number of rotatable bonds is 3. The highest BCUT2D eigenvalue weighted by Crippen LogP contribution is 2.29. The largest absolute Gasteiger partial charge is 0.478 e. The van der Waals surface area contributed by atoms with E-state index in [1.165, 1.54) is 12.3 Å². The van der Waals surface area contributed by atoms with Crippen molar-refractivity contribution in [1.82, 2.24) is 15.0 Å². The fraction of sp³-hybridized carbons (Fsp3) is 0. The number of carbonyl (C=O) groups is 1. The monoisotopic (exact) mass is 248 g/mol. The number of carboxylic acid groups (broad SMARTS) is 1. The van der Waals surface area contributed by atoms with E-state index < -0.39 is 5.97 Å². The molecule has 0 spiro atoms. The lowest BCUT2D eigenvalue weighted by molar-refractivity contribution is 0.0697. The van der Waals surface area contributed by atoms with Gasteiger partial charge in [-0.25, -0.2) is 19.7 Å². The number of nitrogens with zero attached hydrogens (tertiary/aromatic N) is 3. The van der Waals surface area contributed by atoms with Gasteiger partial charge in [0.25, 0.3) is 0 Å². The van der Waals surface area contributed by atoms with Crippen LogP contribution in [0.3, 0.4) is 0 Å². The van der Waals surface area contributed by atoms with Crippen molar-refractivity contribution in [3.8, 4) is 0 Å². The van der Waals surface area contributed by atoms with Crippen LogP contribution in [-0.4, -0.2) is 26.0 Å².